The SMILES string of the molecule is CC(C)(C)N(Cc1ccc(-n2nc(C3CCN(S(C)(=O)=O)CC3)cc2NC(=O)c2cnn3cccnc23)nc1)C(=O)O. The van der Waals surface area contributed by atoms with Crippen LogP contribution in [0.25, 0.3) is 11.5 Å². The van der Waals surface area contributed by atoms with Crippen LogP contribution in [0.4, 0.5) is 10.6 Å². The van der Waals surface area contributed by atoms with Crippen LogP contribution in [0.5, 0.6) is 0 Å². The second-order valence-corrected chi connectivity index (χ2v) is 13.2. The summed E-state index contributed by atoms with van der Waals surface area (Å²) in [5.41, 5.74) is 1.48. The molecule has 0 aromatic carbocycles. The highest BCUT2D eigenvalue weighted by Gasteiger charge is 2.29. The first-order valence-electron chi connectivity index (χ1n) is 13.4. The fraction of sp³-hybridized carbons (Fsp3) is 0.407. The molecule has 1 fully saturated rings. The summed E-state index contributed by atoms with van der Waals surface area (Å²) in [5, 5.41) is 21.5. The third-order valence-corrected chi connectivity index (χ3v) is 8.55. The number of carbonyl (C=O) groups is 2. The smallest absolute Gasteiger partial charge is 0.408 e. The van der Waals surface area contributed by atoms with Gasteiger partial charge < -0.3 is 10.4 Å². The van der Waals surface area contributed by atoms with Crippen molar-refractivity contribution in [1.29, 1.82) is 0 Å². The molecule has 0 radical (unpaired) electrons. The van der Waals surface area contributed by atoms with Crippen molar-refractivity contribution in [3.63, 3.8) is 0 Å². The molecule has 222 valence electrons. The van der Waals surface area contributed by atoms with E-state index in [9.17, 15) is 23.1 Å². The number of carboxylic acid groups (broad SMARTS) is 1. The minimum atomic E-state index is -3.28. The Morgan fingerprint density at radius 3 is 2.50 bits per heavy atom. The molecule has 0 atom stereocenters. The van der Waals surface area contributed by atoms with Gasteiger partial charge in [0.25, 0.3) is 5.91 Å². The zero-order valence-corrected chi connectivity index (χ0v) is 24.6. The van der Waals surface area contributed by atoms with Gasteiger partial charge in [-0.25, -0.2) is 32.0 Å². The van der Waals surface area contributed by atoms with E-state index in [0.717, 1.165) is 0 Å². The molecule has 4 aromatic rings. The summed E-state index contributed by atoms with van der Waals surface area (Å²) in [6.45, 7) is 6.38. The number of hydrogen-bond acceptors (Lipinski definition) is 8. The van der Waals surface area contributed by atoms with Crippen LogP contribution in [0, 0.1) is 0 Å². The number of aromatic nitrogens is 6. The van der Waals surface area contributed by atoms with Gasteiger partial charge in [0.15, 0.2) is 11.5 Å². The van der Waals surface area contributed by atoms with Crippen molar-refractivity contribution in [2.24, 2.45) is 0 Å². The number of amides is 2. The molecule has 42 heavy (non-hydrogen) atoms. The normalized spacial score (nSPS) is 15.1. The highest BCUT2D eigenvalue weighted by atomic mass is 32.2. The third kappa shape index (κ3) is 6.11. The average molecular weight is 596 g/mol. The van der Waals surface area contributed by atoms with Gasteiger partial charge in [0.1, 0.15) is 11.4 Å². The van der Waals surface area contributed by atoms with Crippen LogP contribution in [0.3, 0.4) is 0 Å². The molecule has 0 unspecified atom stereocenters. The number of anilines is 1. The number of hydrogen-bond donors (Lipinski definition) is 2. The summed E-state index contributed by atoms with van der Waals surface area (Å²) in [6.07, 6.45) is 7.64. The largest absolute Gasteiger partial charge is 0.465 e. The average Bonchev–Trinajstić information content (AvgIpc) is 3.55. The van der Waals surface area contributed by atoms with Crippen molar-refractivity contribution in [2.75, 3.05) is 24.7 Å². The van der Waals surface area contributed by atoms with E-state index in [0.29, 0.717) is 54.5 Å². The summed E-state index contributed by atoms with van der Waals surface area (Å²) in [5.74, 6) is 0.346. The van der Waals surface area contributed by atoms with E-state index in [-0.39, 0.29) is 18.0 Å². The van der Waals surface area contributed by atoms with Crippen molar-refractivity contribution in [1.82, 2.24) is 38.6 Å². The lowest BCUT2D eigenvalue weighted by Gasteiger charge is -2.33. The van der Waals surface area contributed by atoms with Crippen molar-refractivity contribution in [2.45, 2.75) is 51.6 Å². The number of rotatable bonds is 7. The Balaban J connectivity index is 1.45. The zero-order chi connectivity index (χ0) is 30.2. The van der Waals surface area contributed by atoms with Crippen molar-refractivity contribution in [3.05, 3.63) is 65.9 Å². The second kappa shape index (κ2) is 11.1. The number of nitrogens with one attached hydrogen (secondary N) is 1. The summed E-state index contributed by atoms with van der Waals surface area (Å²) < 4.78 is 28.5. The number of carbonyl (C=O) groups excluding carboxylic acids is 1. The fourth-order valence-electron chi connectivity index (χ4n) is 4.93. The quantitative estimate of drug-likeness (QED) is 0.326. The zero-order valence-electron chi connectivity index (χ0n) is 23.8. The Morgan fingerprint density at radius 1 is 1.14 bits per heavy atom. The van der Waals surface area contributed by atoms with Crippen LogP contribution in [0.2, 0.25) is 0 Å². The molecular formula is C27H33N9O5S. The molecule has 4 aromatic heterocycles. The number of piperidine rings is 1. The van der Waals surface area contributed by atoms with Gasteiger partial charge in [-0.1, -0.05) is 6.07 Å². The lowest BCUT2D eigenvalue weighted by Crippen LogP contribution is -2.44. The van der Waals surface area contributed by atoms with E-state index < -0.39 is 27.6 Å². The van der Waals surface area contributed by atoms with Crippen LogP contribution in [-0.2, 0) is 16.6 Å². The minimum absolute atomic E-state index is 0.0197. The Labute approximate surface area is 243 Å². The molecule has 5 heterocycles. The van der Waals surface area contributed by atoms with Gasteiger partial charge in [0, 0.05) is 49.2 Å². The van der Waals surface area contributed by atoms with Crippen LogP contribution >= 0.6 is 0 Å². The molecule has 1 saturated heterocycles. The number of nitrogens with zero attached hydrogens (tertiary/aromatic N) is 8. The van der Waals surface area contributed by atoms with Crippen molar-refractivity contribution in [3.8, 4) is 5.82 Å². The van der Waals surface area contributed by atoms with Crippen LogP contribution in [0.15, 0.2) is 49.1 Å². The number of fused-ring (bicyclic) bond motifs is 1. The molecule has 5 rings (SSSR count). The van der Waals surface area contributed by atoms with Gasteiger partial charge in [-0.05, 0) is 51.3 Å². The van der Waals surface area contributed by atoms with Gasteiger partial charge in [0.05, 0.1) is 24.7 Å². The van der Waals surface area contributed by atoms with E-state index in [4.69, 9.17) is 5.10 Å². The molecule has 0 aliphatic carbocycles. The van der Waals surface area contributed by atoms with E-state index in [1.165, 1.54) is 30.9 Å². The first-order chi connectivity index (χ1) is 19.8. The predicted molar refractivity (Wildman–Crippen MR) is 154 cm³/mol. The monoisotopic (exact) mass is 595 g/mol. The Bertz CT molecular complexity index is 1720. The van der Waals surface area contributed by atoms with Gasteiger partial charge in [-0.15, -0.1) is 0 Å². The summed E-state index contributed by atoms with van der Waals surface area (Å²) in [7, 11) is -3.28. The molecule has 0 bridgehead atoms. The molecule has 14 nitrogen and oxygen atoms in total. The lowest BCUT2D eigenvalue weighted by molar-refractivity contribution is 0.0954. The van der Waals surface area contributed by atoms with Gasteiger partial charge >= 0.3 is 6.09 Å². The summed E-state index contributed by atoms with van der Waals surface area (Å²) >= 11 is 0. The van der Waals surface area contributed by atoms with E-state index in [1.807, 2.05) is 20.8 Å². The van der Waals surface area contributed by atoms with Gasteiger partial charge in [-0.3, -0.25) is 9.69 Å². The maximum absolute atomic E-state index is 13.3. The Kier molecular flexibility index (Phi) is 7.72. The molecule has 0 saturated carbocycles. The van der Waals surface area contributed by atoms with Gasteiger partial charge in [0.2, 0.25) is 10.0 Å². The lowest BCUT2D eigenvalue weighted by atomic mass is 9.95. The van der Waals surface area contributed by atoms with E-state index in [1.54, 1.807) is 42.9 Å². The van der Waals surface area contributed by atoms with Crippen molar-refractivity contribution < 1.29 is 23.1 Å². The standard InChI is InChI=1S/C27H33N9O5S/c1-27(2,3)34(26(38)39)17-18-6-7-22(29-15-18)36-23(31-25(37)20-16-30-35-11-5-10-28-24(20)35)14-21(32-36)19-8-12-33(13-9-19)42(4,40)41/h5-7,10-11,14-16,19H,8-9,12-13,17H2,1-4H3,(H,31,37)(H,38,39). The molecule has 2 N–H and O–H groups in total. The molecule has 0 spiro atoms. The molecule has 2 amide bonds. The third-order valence-electron chi connectivity index (χ3n) is 7.24. The van der Waals surface area contributed by atoms with E-state index >= 15 is 0 Å². The van der Waals surface area contributed by atoms with E-state index in [2.05, 4.69) is 20.4 Å². The first kappa shape index (κ1) is 29.1. The van der Waals surface area contributed by atoms with Crippen molar-refractivity contribution >= 4 is 33.5 Å². The molecular weight excluding hydrogens is 562 g/mol. The number of sulfonamides is 1. The predicted octanol–water partition coefficient (Wildman–Crippen LogP) is 2.98. The highest BCUT2D eigenvalue weighted by molar-refractivity contribution is 7.88. The van der Waals surface area contributed by atoms with Gasteiger partial charge in [-0.2, -0.15) is 14.9 Å². The maximum Gasteiger partial charge on any atom is 0.408 e. The topological polar surface area (TPSA) is 168 Å². The highest BCUT2D eigenvalue weighted by Crippen LogP contribution is 2.31. The first-order valence-corrected chi connectivity index (χ1v) is 15.3. The Morgan fingerprint density at radius 2 is 1.88 bits per heavy atom. The molecule has 15 heteroatoms. The minimum Gasteiger partial charge on any atom is -0.465 e. The van der Waals surface area contributed by atoms with Crippen LogP contribution < -0.4 is 5.32 Å². The van der Waals surface area contributed by atoms with Crippen LogP contribution in [0.1, 0.15) is 61.1 Å². The summed E-state index contributed by atoms with van der Waals surface area (Å²) in [4.78, 5) is 35.3. The fourth-order valence-corrected chi connectivity index (χ4v) is 5.80. The molecule has 1 aliphatic heterocycles. The second-order valence-electron chi connectivity index (χ2n) is 11.3. The number of pyridine rings is 1. The molecule has 1 aliphatic rings. The maximum atomic E-state index is 13.3. The Hall–Kier alpha value is -4.37. The van der Waals surface area contributed by atoms with Crippen LogP contribution in [-0.4, -0.2) is 89.0 Å². The summed E-state index contributed by atoms with van der Waals surface area (Å²) in [6, 6.07) is 6.98.